The molecular formula is C4H8NRh-. The first-order chi connectivity index (χ1) is 2.83. The summed E-state index contributed by atoms with van der Waals surface area (Å²) in [5.74, 6) is 0. The Bertz CT molecular complexity index is 28.5. The van der Waals surface area contributed by atoms with E-state index in [4.69, 9.17) is 0 Å². The topological polar surface area (TPSA) is 12.4 Å². The van der Waals surface area contributed by atoms with E-state index in [2.05, 4.69) is 34.5 Å². The molecule has 0 heterocycles. The number of hydrogen-bond donors (Lipinski definition) is 0. The second-order valence-electron chi connectivity index (χ2n) is 0.503. The maximum absolute atomic E-state index is 3.39. The zero-order chi connectivity index (χ0) is 5.41. The van der Waals surface area contributed by atoms with Crippen LogP contribution in [0.15, 0.2) is 10.3 Å². The summed E-state index contributed by atoms with van der Waals surface area (Å²) in [5.41, 5.74) is 0. The van der Waals surface area contributed by atoms with Crippen molar-refractivity contribution in [3.8, 4) is 0 Å². The SMILES string of the molecule is C=[C-]C.C[N]=[Rh]. The van der Waals surface area contributed by atoms with Crippen LogP contribution in [0, 0.1) is 6.08 Å². The standard InChI is InChI=1S/C3H5.CH3N.Rh/c1-3-2;1-2;/h1H2,2H3;1H3;/q-1;;. The van der Waals surface area contributed by atoms with Crippen LogP contribution in [0.3, 0.4) is 0 Å². The Kier molecular flexibility index (Phi) is 30.2. The summed E-state index contributed by atoms with van der Waals surface area (Å²) in [5, 5.41) is 0. The fraction of sp³-hybridized carbons (Fsp3) is 0.500. The van der Waals surface area contributed by atoms with Gasteiger partial charge in [-0.15, -0.1) is 0 Å². The summed E-state index contributed by atoms with van der Waals surface area (Å²) in [6.07, 6.45) is 2.50. The van der Waals surface area contributed by atoms with E-state index in [-0.39, 0.29) is 0 Å². The molecule has 0 aliphatic carbocycles. The molecule has 0 radical (unpaired) electrons. The molecule has 0 spiro atoms. The van der Waals surface area contributed by atoms with Crippen LogP contribution in [0.5, 0.6) is 0 Å². The Morgan fingerprint density at radius 3 is 1.83 bits per heavy atom. The summed E-state index contributed by atoms with van der Waals surface area (Å²) in [6.45, 7) is 5.00. The van der Waals surface area contributed by atoms with Crippen molar-refractivity contribution in [2.75, 3.05) is 7.05 Å². The number of allylic oxidation sites excluding steroid dienone is 1. The first kappa shape index (κ1) is 9.48. The van der Waals surface area contributed by atoms with Gasteiger partial charge in [0, 0.05) is 0 Å². The Morgan fingerprint density at radius 2 is 1.83 bits per heavy atom. The number of nitrogens with zero attached hydrogens (tertiary/aromatic N) is 1. The number of rotatable bonds is 0. The van der Waals surface area contributed by atoms with E-state index < -0.39 is 0 Å². The molecule has 0 amide bonds. The van der Waals surface area contributed by atoms with E-state index in [1.807, 2.05) is 0 Å². The molecule has 0 fully saturated rings. The summed E-state index contributed by atoms with van der Waals surface area (Å²) >= 11 is 2.35. The van der Waals surface area contributed by atoms with Crippen LogP contribution in [0.25, 0.3) is 0 Å². The van der Waals surface area contributed by atoms with Crippen molar-refractivity contribution in [3.63, 3.8) is 0 Å². The van der Waals surface area contributed by atoms with E-state index in [9.17, 15) is 0 Å². The third-order valence-corrected chi connectivity index (χ3v) is 0. The molecule has 0 atom stereocenters. The van der Waals surface area contributed by atoms with Crippen molar-refractivity contribution in [3.05, 3.63) is 12.7 Å². The van der Waals surface area contributed by atoms with Crippen LogP contribution in [-0.4, -0.2) is 7.05 Å². The molecule has 0 aromatic carbocycles. The van der Waals surface area contributed by atoms with E-state index >= 15 is 0 Å². The molecule has 0 aromatic rings. The van der Waals surface area contributed by atoms with Gasteiger partial charge in [0.15, 0.2) is 0 Å². The average Bonchev–Trinajstić information content (AvgIpc) is 1.39. The van der Waals surface area contributed by atoms with Gasteiger partial charge in [-0.25, -0.2) is 0 Å². The quantitative estimate of drug-likeness (QED) is 0.387. The van der Waals surface area contributed by atoms with Crippen molar-refractivity contribution >= 4 is 0 Å². The molecule has 0 saturated carbocycles. The molecule has 0 bridgehead atoms. The second kappa shape index (κ2) is 19.1. The van der Waals surface area contributed by atoms with Gasteiger partial charge in [-0.3, -0.25) is 6.58 Å². The zero-order valence-electron chi connectivity index (χ0n) is 3.99. The monoisotopic (exact) mass is 173 g/mol. The molecule has 0 saturated heterocycles. The summed E-state index contributed by atoms with van der Waals surface area (Å²) < 4.78 is 3.39. The Morgan fingerprint density at radius 1 is 1.83 bits per heavy atom. The van der Waals surface area contributed by atoms with Crippen molar-refractivity contribution in [1.82, 2.24) is 0 Å². The van der Waals surface area contributed by atoms with Crippen molar-refractivity contribution in [2.24, 2.45) is 3.68 Å². The zero-order valence-corrected chi connectivity index (χ0v) is 5.63. The predicted molar refractivity (Wildman–Crippen MR) is 22.9 cm³/mol. The van der Waals surface area contributed by atoms with Gasteiger partial charge in [0.25, 0.3) is 0 Å². The number of hydrogen-bond acceptors (Lipinski definition) is 1. The van der Waals surface area contributed by atoms with Crippen LogP contribution in [0.4, 0.5) is 0 Å². The summed E-state index contributed by atoms with van der Waals surface area (Å²) in [4.78, 5) is 0. The van der Waals surface area contributed by atoms with Gasteiger partial charge in [0.1, 0.15) is 0 Å². The van der Waals surface area contributed by atoms with Crippen LogP contribution in [0.2, 0.25) is 0 Å². The fourth-order valence-corrected chi connectivity index (χ4v) is 0. The first-order valence-corrected chi connectivity index (χ1v) is 2.18. The minimum atomic E-state index is 1.70. The molecule has 6 heavy (non-hydrogen) atoms. The van der Waals surface area contributed by atoms with Gasteiger partial charge in [-0.1, -0.05) is 0 Å². The maximum atomic E-state index is 3.39. The van der Waals surface area contributed by atoms with Gasteiger partial charge in [0.2, 0.25) is 0 Å². The fourth-order valence-electron chi connectivity index (χ4n) is 0. The molecule has 0 aliphatic heterocycles. The first-order valence-electron chi connectivity index (χ1n) is 1.45. The molecule has 0 unspecified atom stereocenters. The van der Waals surface area contributed by atoms with Gasteiger partial charge < -0.3 is 6.08 Å². The minimum absolute atomic E-state index is 1.70. The third-order valence-electron chi connectivity index (χ3n) is 0. The molecule has 1 nitrogen and oxygen atoms in total. The molecule has 0 aliphatic rings. The Hall–Kier alpha value is 0.163. The van der Waals surface area contributed by atoms with Crippen LogP contribution >= 0.6 is 0 Å². The van der Waals surface area contributed by atoms with E-state index in [1.165, 1.54) is 0 Å². The van der Waals surface area contributed by atoms with E-state index in [1.54, 1.807) is 14.0 Å². The Labute approximate surface area is 49.0 Å². The summed E-state index contributed by atoms with van der Waals surface area (Å²) in [6, 6.07) is 0. The molecule has 0 aromatic heterocycles. The predicted octanol–water partition coefficient (Wildman–Crippen LogP) is 1.34. The van der Waals surface area contributed by atoms with Gasteiger partial charge in [0.05, 0.1) is 0 Å². The van der Waals surface area contributed by atoms with Crippen LogP contribution < -0.4 is 0 Å². The second-order valence-corrected chi connectivity index (χ2v) is 1.24. The van der Waals surface area contributed by atoms with Crippen molar-refractivity contribution in [1.29, 1.82) is 0 Å². The third kappa shape index (κ3) is 1560. The van der Waals surface area contributed by atoms with E-state index in [0.29, 0.717) is 0 Å². The molecule has 39 valence electrons. The van der Waals surface area contributed by atoms with Crippen LogP contribution in [0.1, 0.15) is 6.92 Å². The van der Waals surface area contributed by atoms with Gasteiger partial charge in [-0.05, 0) is 0 Å². The molecule has 2 heteroatoms. The normalized spacial score (nSPS) is 4.50. The average molecular weight is 173 g/mol. The summed E-state index contributed by atoms with van der Waals surface area (Å²) in [7, 11) is 1.70. The van der Waals surface area contributed by atoms with Gasteiger partial charge in [-0.2, -0.15) is 6.92 Å². The van der Waals surface area contributed by atoms with Gasteiger partial charge >= 0.3 is 28.8 Å². The molecule has 0 N–H and O–H groups in total. The Balaban J connectivity index is 0. The van der Waals surface area contributed by atoms with Crippen molar-refractivity contribution < 1.29 is 18.1 Å². The van der Waals surface area contributed by atoms with Crippen molar-refractivity contribution in [2.45, 2.75) is 6.92 Å². The van der Waals surface area contributed by atoms with E-state index in [0.717, 1.165) is 0 Å². The molecule has 0 rings (SSSR count). The van der Waals surface area contributed by atoms with Crippen LogP contribution in [-0.2, 0) is 18.1 Å². The molecular weight excluding hydrogens is 165 g/mol.